The molecule has 2 fully saturated rings. The number of rotatable bonds is 10. The van der Waals surface area contributed by atoms with E-state index in [2.05, 4.69) is 6.92 Å². The average Bonchev–Trinajstić information content (AvgIpc) is 2.87. The Hall–Kier alpha value is -1.41. The van der Waals surface area contributed by atoms with Crippen LogP contribution in [-0.2, 0) is 12.8 Å². The summed E-state index contributed by atoms with van der Waals surface area (Å²) in [6.45, 7) is 2.30. The van der Waals surface area contributed by atoms with Crippen LogP contribution in [0.25, 0.3) is 0 Å². The highest BCUT2D eigenvalue weighted by Crippen LogP contribution is 2.41. The van der Waals surface area contributed by atoms with Crippen molar-refractivity contribution in [3.8, 4) is 0 Å². The van der Waals surface area contributed by atoms with Crippen molar-refractivity contribution in [2.75, 3.05) is 0 Å². The van der Waals surface area contributed by atoms with Crippen LogP contribution in [-0.4, -0.2) is 0 Å². The molecule has 2 aromatic carbocycles. The lowest BCUT2D eigenvalue weighted by atomic mass is 9.74. The maximum absolute atomic E-state index is 14.9. The summed E-state index contributed by atoms with van der Waals surface area (Å²) >= 11 is 5.93. The van der Waals surface area contributed by atoms with E-state index in [1.54, 1.807) is 12.1 Å². The third-order valence-electron chi connectivity index (χ3n) is 8.97. The minimum absolute atomic E-state index is 0.210. The molecule has 0 spiro atoms. The van der Waals surface area contributed by atoms with Gasteiger partial charge in [0.15, 0.2) is 0 Å². The Kier molecular flexibility index (Phi) is 10.1. The van der Waals surface area contributed by atoms with Crippen molar-refractivity contribution in [1.82, 2.24) is 0 Å². The molecule has 4 rings (SSSR count). The summed E-state index contributed by atoms with van der Waals surface area (Å²) in [5.41, 5.74) is 2.11. The van der Waals surface area contributed by atoms with Gasteiger partial charge in [-0.25, -0.2) is 8.78 Å². The van der Waals surface area contributed by atoms with Crippen molar-refractivity contribution < 1.29 is 8.78 Å². The average molecular weight is 501 g/mol. The zero-order valence-electron chi connectivity index (χ0n) is 21.5. The van der Waals surface area contributed by atoms with Gasteiger partial charge in [-0.05, 0) is 97.6 Å². The molecule has 0 amide bonds. The third kappa shape index (κ3) is 7.78. The normalized spacial score (nSPS) is 25.0. The number of aryl methyl sites for hydroxylation is 1. The van der Waals surface area contributed by atoms with Crippen LogP contribution in [0.5, 0.6) is 0 Å². The Balaban J connectivity index is 1.21. The zero-order valence-corrected chi connectivity index (χ0v) is 22.3. The van der Waals surface area contributed by atoms with Crippen molar-refractivity contribution in [1.29, 1.82) is 0 Å². The lowest BCUT2D eigenvalue weighted by Gasteiger charge is -2.32. The summed E-state index contributed by atoms with van der Waals surface area (Å²) in [4.78, 5) is 0. The first-order chi connectivity index (χ1) is 17.0. The second-order valence-corrected chi connectivity index (χ2v) is 11.8. The monoisotopic (exact) mass is 500 g/mol. The minimum atomic E-state index is -0.384. The van der Waals surface area contributed by atoms with E-state index >= 15 is 0 Å². The van der Waals surface area contributed by atoms with Gasteiger partial charge in [0.1, 0.15) is 11.6 Å². The van der Waals surface area contributed by atoms with Crippen LogP contribution in [0.4, 0.5) is 8.78 Å². The Labute approximate surface area is 216 Å². The molecular formula is C32H43ClF2. The van der Waals surface area contributed by atoms with Gasteiger partial charge in [-0.2, -0.15) is 0 Å². The second kappa shape index (κ2) is 13.2. The van der Waals surface area contributed by atoms with E-state index in [9.17, 15) is 8.78 Å². The van der Waals surface area contributed by atoms with Crippen molar-refractivity contribution in [3.05, 3.63) is 69.7 Å². The van der Waals surface area contributed by atoms with E-state index < -0.39 is 0 Å². The molecule has 0 nitrogen and oxygen atoms in total. The highest BCUT2D eigenvalue weighted by molar-refractivity contribution is 6.30. The van der Waals surface area contributed by atoms with Crippen LogP contribution in [0.1, 0.15) is 113 Å². The molecule has 2 aromatic rings. The summed E-state index contributed by atoms with van der Waals surface area (Å²) in [6.07, 6.45) is 18.2. The molecule has 0 unspecified atom stereocenters. The second-order valence-electron chi connectivity index (χ2n) is 11.4. The first kappa shape index (κ1) is 26.6. The van der Waals surface area contributed by atoms with Crippen LogP contribution in [0.15, 0.2) is 36.4 Å². The molecule has 0 atom stereocenters. The Morgan fingerprint density at radius 1 is 0.714 bits per heavy atom. The Morgan fingerprint density at radius 3 is 1.77 bits per heavy atom. The van der Waals surface area contributed by atoms with Gasteiger partial charge < -0.3 is 0 Å². The lowest BCUT2D eigenvalue weighted by molar-refractivity contribution is 0.222. The van der Waals surface area contributed by atoms with E-state index in [1.807, 2.05) is 24.3 Å². The number of unbranched alkanes of at least 4 members (excludes halogenated alkanes) is 1. The zero-order chi connectivity index (χ0) is 24.6. The SMILES string of the molecule is CCCC[C@H]1CC[C@H](CC[C@H]2CC[C@H](c3cc(F)c(CCc4ccc(Cl)cc4)c(F)c3)CC2)CC1. The molecule has 0 aromatic heterocycles. The van der Waals surface area contributed by atoms with Gasteiger partial charge in [-0.15, -0.1) is 0 Å². The Bertz CT molecular complexity index is 883. The molecule has 0 saturated heterocycles. The largest absolute Gasteiger partial charge is 0.207 e. The smallest absolute Gasteiger partial charge is 0.129 e. The lowest BCUT2D eigenvalue weighted by Crippen LogP contribution is -2.18. The van der Waals surface area contributed by atoms with Gasteiger partial charge in [0.25, 0.3) is 0 Å². The van der Waals surface area contributed by atoms with Crippen LogP contribution in [0.3, 0.4) is 0 Å². The van der Waals surface area contributed by atoms with Gasteiger partial charge in [0.05, 0.1) is 0 Å². The molecule has 2 aliphatic carbocycles. The molecule has 2 saturated carbocycles. The fourth-order valence-electron chi connectivity index (χ4n) is 6.58. The standard InChI is InChI=1S/C32H43ClF2/c1-2-3-4-23-5-7-24(8-6-23)9-10-25-11-16-27(17-12-25)28-21-31(34)30(32(35)22-28)20-15-26-13-18-29(33)19-14-26/h13-14,18-19,21-25,27H,2-12,15-17,20H2,1H3/t23-,24-,25-,27-. The fraction of sp³-hybridized carbons (Fsp3) is 0.625. The van der Waals surface area contributed by atoms with E-state index in [-0.39, 0.29) is 17.2 Å². The van der Waals surface area contributed by atoms with Crippen molar-refractivity contribution in [2.45, 2.75) is 109 Å². The van der Waals surface area contributed by atoms with Crippen molar-refractivity contribution >= 4 is 11.6 Å². The molecular weight excluding hydrogens is 458 g/mol. The highest BCUT2D eigenvalue weighted by atomic mass is 35.5. The van der Waals surface area contributed by atoms with Gasteiger partial charge >= 0.3 is 0 Å². The summed E-state index contributed by atoms with van der Waals surface area (Å²) in [5.74, 6) is 2.27. The van der Waals surface area contributed by atoms with Crippen molar-refractivity contribution in [2.24, 2.45) is 17.8 Å². The number of hydrogen-bond acceptors (Lipinski definition) is 0. The van der Waals surface area contributed by atoms with E-state index in [0.717, 1.165) is 41.7 Å². The number of hydrogen-bond donors (Lipinski definition) is 0. The van der Waals surface area contributed by atoms with E-state index in [0.29, 0.717) is 23.8 Å². The molecule has 192 valence electrons. The topological polar surface area (TPSA) is 0 Å². The summed E-state index contributed by atoms with van der Waals surface area (Å²) in [5, 5.41) is 0.676. The Morgan fingerprint density at radius 2 is 1.23 bits per heavy atom. The van der Waals surface area contributed by atoms with Crippen LogP contribution in [0, 0.1) is 29.4 Å². The minimum Gasteiger partial charge on any atom is -0.207 e. The number of halogens is 3. The predicted molar refractivity (Wildman–Crippen MR) is 144 cm³/mol. The summed E-state index contributed by atoms with van der Waals surface area (Å²) in [6, 6.07) is 10.7. The summed E-state index contributed by atoms with van der Waals surface area (Å²) in [7, 11) is 0. The third-order valence-corrected chi connectivity index (χ3v) is 9.23. The molecule has 0 bridgehead atoms. The van der Waals surface area contributed by atoms with Crippen LogP contribution < -0.4 is 0 Å². The van der Waals surface area contributed by atoms with E-state index in [1.165, 1.54) is 70.6 Å². The first-order valence-corrected chi connectivity index (χ1v) is 14.6. The summed E-state index contributed by atoms with van der Waals surface area (Å²) < 4.78 is 29.7. The first-order valence-electron chi connectivity index (χ1n) is 14.2. The van der Waals surface area contributed by atoms with Gasteiger partial charge in [-0.1, -0.05) is 88.4 Å². The van der Waals surface area contributed by atoms with Crippen LogP contribution in [0.2, 0.25) is 5.02 Å². The molecule has 0 aliphatic heterocycles. The maximum Gasteiger partial charge on any atom is 0.129 e. The van der Waals surface area contributed by atoms with E-state index in [4.69, 9.17) is 11.6 Å². The van der Waals surface area contributed by atoms with Gasteiger partial charge in [0.2, 0.25) is 0 Å². The molecule has 0 heterocycles. The molecule has 3 heteroatoms. The maximum atomic E-state index is 14.9. The van der Waals surface area contributed by atoms with Crippen molar-refractivity contribution in [3.63, 3.8) is 0 Å². The molecule has 35 heavy (non-hydrogen) atoms. The quantitative estimate of drug-likeness (QED) is 0.304. The fourth-order valence-corrected chi connectivity index (χ4v) is 6.70. The van der Waals surface area contributed by atoms with Gasteiger partial charge in [0, 0.05) is 10.6 Å². The number of benzene rings is 2. The van der Waals surface area contributed by atoms with Crippen LogP contribution >= 0.6 is 11.6 Å². The highest BCUT2D eigenvalue weighted by Gasteiger charge is 2.26. The molecule has 2 aliphatic rings. The predicted octanol–water partition coefficient (Wildman–Crippen LogP) is 10.5. The molecule has 0 N–H and O–H groups in total. The van der Waals surface area contributed by atoms with Gasteiger partial charge in [-0.3, -0.25) is 0 Å². The molecule has 0 radical (unpaired) electrons.